The molecule has 142 valence electrons. The number of rotatable bonds is 2. The summed E-state index contributed by atoms with van der Waals surface area (Å²) in [5.74, 6) is 0.735. The van der Waals surface area contributed by atoms with Gasteiger partial charge in [-0.25, -0.2) is 19.7 Å². The SMILES string of the molecule is NC(=O)N1CCCCC1c1nc2c(s1)-c1nc(-c3ccccc3)ncc1CC2. The van der Waals surface area contributed by atoms with Crippen molar-refractivity contribution in [1.29, 1.82) is 0 Å². The number of thiazole rings is 1. The second kappa shape index (κ2) is 6.98. The first-order chi connectivity index (χ1) is 13.7. The zero-order valence-electron chi connectivity index (χ0n) is 15.5. The van der Waals surface area contributed by atoms with Crippen molar-refractivity contribution in [3.8, 4) is 22.0 Å². The molecule has 1 aromatic carbocycles. The van der Waals surface area contributed by atoms with Crippen molar-refractivity contribution in [1.82, 2.24) is 19.9 Å². The normalized spacial score (nSPS) is 18.4. The molecular formula is C21H21N5OS. The van der Waals surface area contributed by atoms with Crippen LogP contribution in [0.25, 0.3) is 22.0 Å². The van der Waals surface area contributed by atoms with Crippen molar-refractivity contribution in [3.63, 3.8) is 0 Å². The smallest absolute Gasteiger partial charge is 0.315 e. The summed E-state index contributed by atoms with van der Waals surface area (Å²) in [6.07, 6.45) is 6.74. The summed E-state index contributed by atoms with van der Waals surface area (Å²) in [6, 6.07) is 9.66. The summed E-state index contributed by atoms with van der Waals surface area (Å²) < 4.78 is 0. The van der Waals surface area contributed by atoms with E-state index in [4.69, 9.17) is 15.7 Å². The van der Waals surface area contributed by atoms with E-state index in [9.17, 15) is 4.79 Å². The zero-order valence-corrected chi connectivity index (χ0v) is 16.3. The largest absolute Gasteiger partial charge is 0.351 e. The average Bonchev–Trinajstić information content (AvgIpc) is 3.19. The molecule has 5 rings (SSSR count). The molecule has 1 unspecified atom stereocenters. The highest BCUT2D eigenvalue weighted by Gasteiger charge is 2.32. The molecule has 2 aliphatic rings. The third-order valence-electron chi connectivity index (χ3n) is 5.53. The van der Waals surface area contributed by atoms with E-state index in [2.05, 4.69) is 4.98 Å². The lowest BCUT2D eigenvalue weighted by Gasteiger charge is -2.33. The van der Waals surface area contributed by atoms with Crippen LogP contribution < -0.4 is 5.73 Å². The number of carbonyl (C=O) groups excluding carboxylic acids is 1. The van der Waals surface area contributed by atoms with Crippen LogP contribution >= 0.6 is 11.3 Å². The van der Waals surface area contributed by atoms with Gasteiger partial charge in [0, 0.05) is 18.3 Å². The van der Waals surface area contributed by atoms with Crippen LogP contribution in [-0.2, 0) is 12.8 Å². The van der Waals surface area contributed by atoms with E-state index in [1.807, 2.05) is 36.5 Å². The highest BCUT2D eigenvalue weighted by Crippen LogP contribution is 2.41. The highest BCUT2D eigenvalue weighted by molar-refractivity contribution is 7.15. The Kier molecular flexibility index (Phi) is 4.31. The Bertz CT molecular complexity index is 1030. The molecule has 0 saturated carbocycles. The lowest BCUT2D eigenvalue weighted by atomic mass is 9.99. The van der Waals surface area contributed by atoms with Gasteiger partial charge in [0.2, 0.25) is 0 Å². The minimum absolute atomic E-state index is 0.0132. The van der Waals surface area contributed by atoms with Gasteiger partial charge in [-0.2, -0.15) is 0 Å². The maximum atomic E-state index is 11.9. The number of aryl methyl sites for hydroxylation is 2. The fraction of sp³-hybridized carbons (Fsp3) is 0.333. The number of likely N-dealkylation sites (tertiary alicyclic amines) is 1. The first-order valence-electron chi connectivity index (χ1n) is 9.68. The molecule has 0 spiro atoms. The number of piperidine rings is 1. The van der Waals surface area contributed by atoms with Gasteiger partial charge in [0.25, 0.3) is 0 Å². The number of carbonyl (C=O) groups is 1. The third kappa shape index (κ3) is 2.96. The molecule has 6 nitrogen and oxygen atoms in total. The van der Waals surface area contributed by atoms with Crippen molar-refractivity contribution in [2.45, 2.75) is 38.1 Å². The second-order valence-corrected chi connectivity index (χ2v) is 8.34. The summed E-state index contributed by atoms with van der Waals surface area (Å²) in [5, 5.41) is 0.983. The van der Waals surface area contributed by atoms with Gasteiger partial charge in [0.15, 0.2) is 5.82 Å². The number of hydrogen-bond donors (Lipinski definition) is 1. The highest BCUT2D eigenvalue weighted by atomic mass is 32.1. The van der Waals surface area contributed by atoms with Crippen LogP contribution in [0.15, 0.2) is 36.5 Å². The number of primary amides is 1. The monoisotopic (exact) mass is 391 g/mol. The molecule has 3 aromatic rings. The summed E-state index contributed by atoms with van der Waals surface area (Å²) in [6.45, 7) is 0.709. The number of urea groups is 1. The standard InChI is InChI=1S/C21H21N5OS/c22-21(27)26-11-5-4-8-16(26)20-24-15-10-9-14-12-23-19(13-6-2-1-3-7-13)25-17(14)18(15)28-20/h1-3,6-7,12,16H,4-5,8-11H2,(H2,22,27). The molecule has 0 radical (unpaired) electrons. The molecule has 28 heavy (non-hydrogen) atoms. The van der Waals surface area contributed by atoms with Gasteiger partial charge in [-0.3, -0.25) is 0 Å². The maximum Gasteiger partial charge on any atom is 0.315 e. The number of nitrogens with two attached hydrogens (primary N) is 1. The van der Waals surface area contributed by atoms with E-state index in [1.165, 1.54) is 0 Å². The van der Waals surface area contributed by atoms with Crippen LogP contribution in [0.5, 0.6) is 0 Å². The molecule has 3 heterocycles. The first kappa shape index (κ1) is 17.3. The number of nitrogens with zero attached hydrogens (tertiary/aromatic N) is 4. The van der Waals surface area contributed by atoms with Gasteiger partial charge in [-0.1, -0.05) is 30.3 Å². The number of fused-ring (bicyclic) bond motifs is 3. The molecule has 1 aliphatic heterocycles. The van der Waals surface area contributed by atoms with Crippen molar-refractivity contribution in [2.75, 3.05) is 6.54 Å². The molecule has 2 amide bonds. The number of amides is 2. The average molecular weight is 392 g/mol. The van der Waals surface area contributed by atoms with E-state index < -0.39 is 0 Å². The maximum absolute atomic E-state index is 11.9. The molecule has 2 aromatic heterocycles. The van der Waals surface area contributed by atoms with E-state index >= 15 is 0 Å². The lowest BCUT2D eigenvalue weighted by molar-refractivity contribution is 0.159. The summed E-state index contributed by atoms with van der Waals surface area (Å²) in [7, 11) is 0. The van der Waals surface area contributed by atoms with Gasteiger partial charge < -0.3 is 10.6 Å². The van der Waals surface area contributed by atoms with Crippen LogP contribution in [0.2, 0.25) is 0 Å². The van der Waals surface area contributed by atoms with Crippen molar-refractivity contribution < 1.29 is 4.79 Å². The lowest BCUT2D eigenvalue weighted by Crippen LogP contribution is -2.41. The summed E-state index contributed by atoms with van der Waals surface area (Å²) >= 11 is 1.66. The molecular weight excluding hydrogens is 370 g/mol. The minimum Gasteiger partial charge on any atom is -0.351 e. The van der Waals surface area contributed by atoms with Crippen LogP contribution in [0.1, 0.15) is 41.6 Å². The second-order valence-electron chi connectivity index (χ2n) is 7.30. The first-order valence-corrected chi connectivity index (χ1v) is 10.5. The Balaban J connectivity index is 1.55. The van der Waals surface area contributed by atoms with Gasteiger partial charge in [-0.05, 0) is 37.7 Å². The van der Waals surface area contributed by atoms with E-state index in [-0.39, 0.29) is 12.1 Å². The summed E-state index contributed by atoms with van der Waals surface area (Å²) in [5.41, 5.74) is 9.86. The van der Waals surface area contributed by atoms with Gasteiger partial charge in [0.05, 0.1) is 22.3 Å². The predicted octanol–water partition coefficient (Wildman–Crippen LogP) is 3.97. The van der Waals surface area contributed by atoms with Crippen LogP contribution in [0, 0.1) is 0 Å². The topological polar surface area (TPSA) is 85.0 Å². The Morgan fingerprint density at radius 1 is 1.14 bits per heavy atom. The number of benzene rings is 1. The zero-order chi connectivity index (χ0) is 19.1. The molecule has 7 heteroatoms. The van der Waals surface area contributed by atoms with Crippen LogP contribution in [0.3, 0.4) is 0 Å². The van der Waals surface area contributed by atoms with E-state index in [0.717, 1.165) is 70.3 Å². The van der Waals surface area contributed by atoms with Gasteiger partial charge >= 0.3 is 6.03 Å². The Labute approximate surface area is 167 Å². The Morgan fingerprint density at radius 3 is 2.82 bits per heavy atom. The number of aromatic nitrogens is 3. The number of hydrogen-bond acceptors (Lipinski definition) is 5. The predicted molar refractivity (Wildman–Crippen MR) is 109 cm³/mol. The minimum atomic E-state index is -0.355. The Morgan fingerprint density at radius 2 is 2.00 bits per heavy atom. The quantitative estimate of drug-likeness (QED) is 0.716. The molecule has 1 aliphatic carbocycles. The third-order valence-corrected chi connectivity index (χ3v) is 6.73. The van der Waals surface area contributed by atoms with E-state index in [0.29, 0.717) is 6.54 Å². The van der Waals surface area contributed by atoms with E-state index in [1.54, 1.807) is 16.2 Å². The molecule has 1 atom stereocenters. The Hall–Kier alpha value is -2.80. The van der Waals surface area contributed by atoms with Crippen molar-refractivity contribution in [3.05, 3.63) is 52.8 Å². The van der Waals surface area contributed by atoms with Gasteiger partial charge in [-0.15, -0.1) is 11.3 Å². The van der Waals surface area contributed by atoms with Crippen LogP contribution in [-0.4, -0.2) is 32.4 Å². The molecule has 1 saturated heterocycles. The summed E-state index contributed by atoms with van der Waals surface area (Å²) in [4.78, 5) is 29.1. The molecule has 0 bridgehead atoms. The van der Waals surface area contributed by atoms with Gasteiger partial charge in [0.1, 0.15) is 5.01 Å². The molecule has 1 fully saturated rings. The van der Waals surface area contributed by atoms with Crippen molar-refractivity contribution >= 4 is 17.4 Å². The fourth-order valence-corrected chi connectivity index (χ4v) is 5.37. The molecule has 2 N–H and O–H groups in total. The van der Waals surface area contributed by atoms with Crippen molar-refractivity contribution in [2.24, 2.45) is 5.73 Å². The fourth-order valence-electron chi connectivity index (χ4n) is 4.08. The van der Waals surface area contributed by atoms with Crippen LogP contribution in [0.4, 0.5) is 4.79 Å².